The maximum atomic E-state index is 11.9. The Morgan fingerprint density at radius 2 is 1.86 bits per heavy atom. The van der Waals surface area contributed by atoms with Gasteiger partial charge in [-0.05, 0) is 13.8 Å². The molecule has 0 bridgehead atoms. The number of carbonyl (C=O) groups excluding carboxylic acids is 4. The predicted octanol–water partition coefficient (Wildman–Crippen LogP) is -2.37. The number of nitrogens with zero attached hydrogens (tertiary/aromatic N) is 1. The van der Waals surface area contributed by atoms with Gasteiger partial charge in [0.25, 0.3) is 5.91 Å². The van der Waals surface area contributed by atoms with Crippen LogP contribution in [0.25, 0.3) is 0 Å². The minimum atomic E-state index is -1.24. The lowest BCUT2D eigenvalue weighted by Gasteiger charge is -2.39. The molecule has 0 aromatic rings. The number of imide groups is 1. The molecule has 1 fully saturated rings. The summed E-state index contributed by atoms with van der Waals surface area (Å²) < 4.78 is 0. The summed E-state index contributed by atoms with van der Waals surface area (Å²) in [7, 11) is 0. The number of piperazine rings is 1. The van der Waals surface area contributed by atoms with E-state index in [-0.39, 0.29) is 6.54 Å². The third kappa shape index (κ3) is 4.16. The normalized spacial score (nSPS) is 17.0. The van der Waals surface area contributed by atoms with E-state index < -0.39 is 48.4 Å². The molecule has 0 saturated carbocycles. The van der Waals surface area contributed by atoms with Gasteiger partial charge in [0.05, 0.1) is 6.54 Å². The van der Waals surface area contributed by atoms with Crippen molar-refractivity contribution in [1.29, 1.82) is 0 Å². The van der Waals surface area contributed by atoms with E-state index in [0.29, 0.717) is 0 Å². The van der Waals surface area contributed by atoms with E-state index in [9.17, 15) is 24.0 Å². The Kier molecular flexibility index (Phi) is 4.84. The Bertz CT molecular complexity index is 501. The van der Waals surface area contributed by atoms with Crippen molar-refractivity contribution in [2.45, 2.75) is 19.4 Å². The Balaban J connectivity index is 2.58. The zero-order valence-electron chi connectivity index (χ0n) is 11.6. The molecule has 21 heavy (non-hydrogen) atoms. The standard InChI is InChI=1S/C11H16N4O6/c1-11(2)9(20)14-7(17)5-15(11)10(21)13-3-6(16)12-4-8(18)19/h3-5H2,1-2H3,(H,12,16)(H,13,21)(H,18,19)(H,14,17,20). The average molecular weight is 300 g/mol. The molecular weight excluding hydrogens is 284 g/mol. The van der Waals surface area contributed by atoms with Crippen LogP contribution in [0.15, 0.2) is 0 Å². The number of urea groups is 1. The van der Waals surface area contributed by atoms with Crippen molar-refractivity contribution in [1.82, 2.24) is 20.9 Å². The van der Waals surface area contributed by atoms with Gasteiger partial charge in [-0.15, -0.1) is 0 Å². The average Bonchev–Trinajstić information content (AvgIpc) is 2.38. The van der Waals surface area contributed by atoms with Gasteiger partial charge in [0.15, 0.2) is 0 Å². The highest BCUT2D eigenvalue weighted by Gasteiger charge is 2.43. The van der Waals surface area contributed by atoms with Crippen molar-refractivity contribution in [2.75, 3.05) is 19.6 Å². The molecule has 0 aromatic heterocycles. The molecule has 10 nitrogen and oxygen atoms in total. The molecule has 0 unspecified atom stereocenters. The van der Waals surface area contributed by atoms with E-state index in [1.807, 2.05) is 0 Å². The molecule has 1 aliphatic rings. The van der Waals surface area contributed by atoms with Crippen molar-refractivity contribution in [3.8, 4) is 0 Å². The zero-order chi connectivity index (χ0) is 16.2. The Morgan fingerprint density at radius 3 is 2.43 bits per heavy atom. The number of amides is 5. The first-order valence-corrected chi connectivity index (χ1v) is 6.03. The Hall–Kier alpha value is -2.65. The van der Waals surface area contributed by atoms with Crippen LogP contribution in [0.4, 0.5) is 4.79 Å². The van der Waals surface area contributed by atoms with E-state index in [2.05, 4.69) is 16.0 Å². The van der Waals surface area contributed by atoms with Crippen molar-refractivity contribution in [2.24, 2.45) is 0 Å². The topological polar surface area (TPSA) is 145 Å². The van der Waals surface area contributed by atoms with Gasteiger partial charge in [-0.25, -0.2) is 4.79 Å². The fraction of sp³-hybridized carbons (Fsp3) is 0.545. The lowest BCUT2D eigenvalue weighted by molar-refractivity contribution is -0.143. The summed E-state index contributed by atoms with van der Waals surface area (Å²) in [5.41, 5.74) is -1.24. The highest BCUT2D eigenvalue weighted by Crippen LogP contribution is 2.17. The minimum Gasteiger partial charge on any atom is -0.480 e. The van der Waals surface area contributed by atoms with Gasteiger partial charge in [0.2, 0.25) is 11.8 Å². The van der Waals surface area contributed by atoms with Crippen LogP contribution in [-0.4, -0.2) is 64.9 Å². The Labute approximate surface area is 119 Å². The van der Waals surface area contributed by atoms with Gasteiger partial charge in [-0.2, -0.15) is 0 Å². The second-order valence-electron chi connectivity index (χ2n) is 4.85. The second-order valence-corrected chi connectivity index (χ2v) is 4.85. The number of aliphatic carboxylic acids is 1. The highest BCUT2D eigenvalue weighted by molar-refractivity contribution is 6.06. The molecule has 0 radical (unpaired) electrons. The number of rotatable bonds is 4. The van der Waals surface area contributed by atoms with Gasteiger partial charge in [-0.1, -0.05) is 0 Å². The molecule has 10 heteroatoms. The van der Waals surface area contributed by atoms with E-state index in [4.69, 9.17) is 5.11 Å². The van der Waals surface area contributed by atoms with Crippen molar-refractivity contribution in [3.63, 3.8) is 0 Å². The molecule has 1 rings (SSSR count). The van der Waals surface area contributed by atoms with Gasteiger partial charge in [0.1, 0.15) is 18.6 Å². The Morgan fingerprint density at radius 1 is 1.24 bits per heavy atom. The van der Waals surface area contributed by atoms with Crippen LogP contribution in [0, 0.1) is 0 Å². The third-order valence-electron chi connectivity index (χ3n) is 2.87. The van der Waals surface area contributed by atoms with Crippen LogP contribution < -0.4 is 16.0 Å². The van der Waals surface area contributed by atoms with Gasteiger partial charge < -0.3 is 20.6 Å². The number of carboxylic acid groups (broad SMARTS) is 1. The molecule has 0 atom stereocenters. The molecule has 0 aliphatic carbocycles. The largest absolute Gasteiger partial charge is 0.480 e. The summed E-state index contributed by atoms with van der Waals surface area (Å²) in [6.07, 6.45) is 0. The van der Waals surface area contributed by atoms with Gasteiger partial charge in [-0.3, -0.25) is 24.5 Å². The van der Waals surface area contributed by atoms with E-state index in [1.54, 1.807) is 0 Å². The predicted molar refractivity (Wildman–Crippen MR) is 68.0 cm³/mol. The first-order valence-electron chi connectivity index (χ1n) is 6.03. The highest BCUT2D eigenvalue weighted by atomic mass is 16.4. The van der Waals surface area contributed by atoms with Gasteiger partial charge >= 0.3 is 12.0 Å². The number of nitrogens with one attached hydrogen (secondary N) is 3. The van der Waals surface area contributed by atoms with E-state index in [1.165, 1.54) is 13.8 Å². The first kappa shape index (κ1) is 16.4. The lowest BCUT2D eigenvalue weighted by atomic mass is 9.99. The van der Waals surface area contributed by atoms with Crippen LogP contribution in [0.2, 0.25) is 0 Å². The molecule has 116 valence electrons. The molecule has 1 heterocycles. The molecule has 4 N–H and O–H groups in total. The zero-order valence-corrected chi connectivity index (χ0v) is 11.6. The maximum Gasteiger partial charge on any atom is 0.322 e. The van der Waals surface area contributed by atoms with E-state index in [0.717, 1.165) is 4.90 Å². The van der Waals surface area contributed by atoms with Crippen LogP contribution in [0.3, 0.4) is 0 Å². The second kappa shape index (κ2) is 6.20. The summed E-state index contributed by atoms with van der Waals surface area (Å²) in [6, 6.07) is -0.770. The first-order chi connectivity index (χ1) is 9.64. The monoisotopic (exact) mass is 300 g/mol. The van der Waals surface area contributed by atoms with Crippen LogP contribution >= 0.6 is 0 Å². The van der Waals surface area contributed by atoms with Crippen molar-refractivity contribution in [3.05, 3.63) is 0 Å². The summed E-state index contributed by atoms with van der Waals surface area (Å²) in [4.78, 5) is 57.4. The van der Waals surface area contributed by atoms with Crippen LogP contribution in [0.5, 0.6) is 0 Å². The van der Waals surface area contributed by atoms with E-state index >= 15 is 0 Å². The number of hydrogen-bond donors (Lipinski definition) is 4. The fourth-order valence-electron chi connectivity index (χ4n) is 1.60. The third-order valence-corrected chi connectivity index (χ3v) is 2.87. The molecule has 1 saturated heterocycles. The number of carbonyl (C=O) groups is 5. The lowest BCUT2D eigenvalue weighted by Crippen LogP contribution is -2.67. The molecule has 5 amide bonds. The van der Waals surface area contributed by atoms with Crippen LogP contribution in [-0.2, 0) is 19.2 Å². The summed E-state index contributed by atoms with van der Waals surface area (Å²) in [6.45, 7) is 1.57. The molecule has 0 aromatic carbocycles. The summed E-state index contributed by atoms with van der Waals surface area (Å²) in [5.74, 6) is -3.15. The molecular formula is C11H16N4O6. The number of hydrogen-bond acceptors (Lipinski definition) is 5. The van der Waals surface area contributed by atoms with Crippen molar-refractivity contribution < 1.29 is 29.1 Å². The van der Waals surface area contributed by atoms with Gasteiger partial charge in [0, 0.05) is 0 Å². The maximum absolute atomic E-state index is 11.9. The quantitative estimate of drug-likeness (QED) is 0.427. The summed E-state index contributed by atoms with van der Waals surface area (Å²) in [5, 5.41) is 14.8. The minimum absolute atomic E-state index is 0.318. The summed E-state index contributed by atoms with van der Waals surface area (Å²) >= 11 is 0. The molecule has 0 spiro atoms. The van der Waals surface area contributed by atoms with Crippen molar-refractivity contribution >= 4 is 29.7 Å². The number of carboxylic acids is 1. The molecule has 1 aliphatic heterocycles. The SMILES string of the molecule is CC1(C)C(=O)NC(=O)CN1C(=O)NCC(=O)NCC(=O)O. The smallest absolute Gasteiger partial charge is 0.322 e. The fourth-order valence-corrected chi connectivity index (χ4v) is 1.60. The van der Waals surface area contributed by atoms with Crippen LogP contribution in [0.1, 0.15) is 13.8 Å².